The molecule has 0 spiro atoms. The lowest BCUT2D eigenvalue weighted by molar-refractivity contribution is 0.628. The highest BCUT2D eigenvalue weighted by Crippen LogP contribution is 2.12. The second kappa shape index (κ2) is 6.55. The van der Waals surface area contributed by atoms with Gasteiger partial charge < -0.3 is 5.32 Å². The summed E-state index contributed by atoms with van der Waals surface area (Å²) >= 11 is 1.86. The summed E-state index contributed by atoms with van der Waals surface area (Å²) in [4.78, 5) is 0. The van der Waals surface area contributed by atoms with Crippen LogP contribution in [0, 0.1) is 0 Å². The minimum Gasteiger partial charge on any atom is -0.368 e. The van der Waals surface area contributed by atoms with Crippen molar-refractivity contribution >= 4 is 11.8 Å². The maximum Gasteiger partial charge on any atom is 0.125 e. The normalized spacial score (nSPS) is 13.1. The molecule has 3 heteroatoms. The Kier molecular flexibility index (Phi) is 6.46. The van der Waals surface area contributed by atoms with Gasteiger partial charge in [0, 0.05) is 5.25 Å². The molecule has 11 heavy (non-hydrogen) atoms. The monoisotopic (exact) mass is 174 g/mol. The van der Waals surface area contributed by atoms with Crippen molar-refractivity contribution in [3.05, 3.63) is 12.8 Å². The molecular formula is C8H18N2S. The average molecular weight is 174 g/mol. The molecule has 0 aliphatic rings. The van der Waals surface area contributed by atoms with Gasteiger partial charge in [-0.05, 0) is 12.7 Å². The van der Waals surface area contributed by atoms with Gasteiger partial charge in [-0.3, -0.25) is 5.32 Å². The number of hydrogen-bond donors (Lipinski definition) is 2. The molecule has 0 aliphatic heterocycles. The largest absolute Gasteiger partial charge is 0.368 e. The van der Waals surface area contributed by atoms with Gasteiger partial charge in [0.2, 0.25) is 0 Å². The van der Waals surface area contributed by atoms with Crippen LogP contribution in [0.5, 0.6) is 0 Å². The van der Waals surface area contributed by atoms with Gasteiger partial charge in [-0.2, -0.15) is 0 Å². The molecule has 0 aromatic carbocycles. The van der Waals surface area contributed by atoms with Crippen LogP contribution in [0.25, 0.3) is 0 Å². The third-order valence-corrected chi connectivity index (χ3v) is 2.19. The highest BCUT2D eigenvalue weighted by atomic mass is 32.2. The lowest BCUT2D eigenvalue weighted by Crippen LogP contribution is -2.37. The van der Waals surface area contributed by atoms with Gasteiger partial charge >= 0.3 is 0 Å². The summed E-state index contributed by atoms with van der Waals surface area (Å²) < 4.78 is 0. The Balaban J connectivity index is 3.58. The average Bonchev–Trinajstić information content (AvgIpc) is 1.87. The second-order valence-corrected chi connectivity index (χ2v) is 4.18. The van der Waals surface area contributed by atoms with E-state index in [-0.39, 0.29) is 0 Å². The first kappa shape index (κ1) is 10.8. The van der Waals surface area contributed by atoms with Crippen molar-refractivity contribution in [2.45, 2.75) is 31.5 Å². The van der Waals surface area contributed by atoms with E-state index in [4.69, 9.17) is 0 Å². The number of thioether (sulfide) groups is 1. The number of nitrogens with one attached hydrogen (secondary N) is 2. The Labute approximate surface area is 73.8 Å². The molecule has 0 saturated heterocycles. The van der Waals surface area contributed by atoms with Gasteiger partial charge in [0.25, 0.3) is 0 Å². The van der Waals surface area contributed by atoms with E-state index in [1.807, 2.05) is 11.8 Å². The fourth-order valence-corrected chi connectivity index (χ4v) is 1.69. The Hall–Kier alpha value is -0.150. The summed E-state index contributed by atoms with van der Waals surface area (Å²) in [6, 6.07) is 0. The van der Waals surface area contributed by atoms with Gasteiger partial charge in [0.1, 0.15) is 5.50 Å². The van der Waals surface area contributed by atoms with E-state index in [2.05, 4.69) is 38.0 Å². The Morgan fingerprint density at radius 2 is 2.18 bits per heavy atom. The molecule has 0 radical (unpaired) electrons. The Bertz CT molecular complexity index is 104. The maximum atomic E-state index is 3.63. The Morgan fingerprint density at radius 1 is 1.55 bits per heavy atom. The van der Waals surface area contributed by atoms with Crippen molar-refractivity contribution in [2.75, 3.05) is 6.54 Å². The zero-order valence-electron chi connectivity index (χ0n) is 7.55. The van der Waals surface area contributed by atoms with E-state index < -0.39 is 0 Å². The first-order chi connectivity index (χ1) is 5.20. The van der Waals surface area contributed by atoms with E-state index >= 15 is 0 Å². The van der Waals surface area contributed by atoms with Crippen LogP contribution >= 0.6 is 11.8 Å². The summed E-state index contributed by atoms with van der Waals surface area (Å²) in [6.07, 6.45) is 1.72. The highest BCUT2D eigenvalue weighted by molar-refractivity contribution is 8.00. The van der Waals surface area contributed by atoms with Gasteiger partial charge in [-0.25, -0.2) is 0 Å². The summed E-state index contributed by atoms with van der Waals surface area (Å²) in [5.74, 6) is 0. The van der Waals surface area contributed by atoms with Crippen LogP contribution < -0.4 is 10.6 Å². The van der Waals surface area contributed by atoms with Crippen molar-refractivity contribution in [2.24, 2.45) is 0 Å². The minimum atomic E-state index is 0.303. The molecule has 0 heterocycles. The molecule has 0 aromatic heterocycles. The molecule has 0 bridgehead atoms. The van der Waals surface area contributed by atoms with Crippen LogP contribution in [-0.2, 0) is 0 Å². The standard InChI is InChI=1S/C8H18N2S/c1-5-9-8(10-6-2)11-7(3)4/h5,7-10H,1,6H2,2-4H3. The lowest BCUT2D eigenvalue weighted by Gasteiger charge is -2.19. The van der Waals surface area contributed by atoms with E-state index in [0.29, 0.717) is 10.7 Å². The van der Waals surface area contributed by atoms with Crippen molar-refractivity contribution in [3.63, 3.8) is 0 Å². The molecule has 0 fully saturated rings. The van der Waals surface area contributed by atoms with Crippen molar-refractivity contribution in [1.82, 2.24) is 10.6 Å². The first-order valence-electron chi connectivity index (χ1n) is 3.96. The molecule has 66 valence electrons. The first-order valence-corrected chi connectivity index (χ1v) is 4.90. The predicted molar refractivity (Wildman–Crippen MR) is 53.5 cm³/mol. The predicted octanol–water partition coefficient (Wildman–Crippen LogP) is 1.75. The topological polar surface area (TPSA) is 24.1 Å². The van der Waals surface area contributed by atoms with Crippen molar-refractivity contribution in [3.8, 4) is 0 Å². The Morgan fingerprint density at radius 3 is 2.55 bits per heavy atom. The van der Waals surface area contributed by atoms with Crippen molar-refractivity contribution < 1.29 is 0 Å². The fraction of sp³-hybridized carbons (Fsp3) is 0.750. The van der Waals surface area contributed by atoms with Gasteiger partial charge in [-0.15, -0.1) is 11.8 Å². The van der Waals surface area contributed by atoms with Gasteiger partial charge in [0.05, 0.1) is 0 Å². The minimum absolute atomic E-state index is 0.303. The molecule has 0 aliphatic carbocycles. The number of hydrogen-bond acceptors (Lipinski definition) is 3. The van der Waals surface area contributed by atoms with Crippen LogP contribution in [-0.4, -0.2) is 17.3 Å². The third-order valence-electron chi connectivity index (χ3n) is 1.07. The van der Waals surface area contributed by atoms with E-state index in [9.17, 15) is 0 Å². The van der Waals surface area contributed by atoms with Gasteiger partial charge in [-0.1, -0.05) is 27.4 Å². The molecule has 0 rings (SSSR count). The SMILES string of the molecule is C=CNC(NCC)SC(C)C. The van der Waals surface area contributed by atoms with Crippen LogP contribution in [0.2, 0.25) is 0 Å². The van der Waals surface area contributed by atoms with E-state index in [0.717, 1.165) is 6.54 Å². The van der Waals surface area contributed by atoms with Gasteiger partial charge in [0.15, 0.2) is 0 Å². The van der Waals surface area contributed by atoms with E-state index in [1.54, 1.807) is 6.20 Å². The van der Waals surface area contributed by atoms with Crippen LogP contribution in [0.3, 0.4) is 0 Å². The van der Waals surface area contributed by atoms with Crippen LogP contribution in [0.15, 0.2) is 12.8 Å². The summed E-state index contributed by atoms with van der Waals surface area (Å²) in [5, 5.41) is 7.06. The van der Waals surface area contributed by atoms with Crippen LogP contribution in [0.1, 0.15) is 20.8 Å². The quantitative estimate of drug-likeness (QED) is 0.600. The molecule has 1 atom stereocenters. The molecule has 0 saturated carbocycles. The summed E-state index contributed by atoms with van der Waals surface area (Å²) in [5.41, 5.74) is 0.303. The lowest BCUT2D eigenvalue weighted by atomic mass is 10.6. The zero-order chi connectivity index (χ0) is 8.69. The molecule has 0 amide bonds. The third kappa shape index (κ3) is 6.26. The zero-order valence-corrected chi connectivity index (χ0v) is 8.37. The summed E-state index contributed by atoms with van der Waals surface area (Å²) in [6.45, 7) is 11.1. The smallest absolute Gasteiger partial charge is 0.125 e. The highest BCUT2D eigenvalue weighted by Gasteiger charge is 2.05. The molecule has 0 aromatic rings. The second-order valence-electron chi connectivity index (χ2n) is 2.49. The molecular weight excluding hydrogens is 156 g/mol. The summed E-state index contributed by atoms with van der Waals surface area (Å²) in [7, 11) is 0. The number of rotatable bonds is 6. The molecule has 2 nitrogen and oxygen atoms in total. The molecule has 2 N–H and O–H groups in total. The maximum absolute atomic E-state index is 3.63. The van der Waals surface area contributed by atoms with Crippen LogP contribution in [0.4, 0.5) is 0 Å². The van der Waals surface area contributed by atoms with Crippen molar-refractivity contribution in [1.29, 1.82) is 0 Å². The molecule has 1 unspecified atom stereocenters. The fourth-order valence-electron chi connectivity index (χ4n) is 0.711. The van der Waals surface area contributed by atoms with E-state index in [1.165, 1.54) is 0 Å².